The number of unbranched alkanes of at least 4 members (excludes halogenated alkanes) is 1. The van der Waals surface area contributed by atoms with Gasteiger partial charge in [-0.25, -0.2) is 0 Å². The number of hydrogen-bond acceptors (Lipinski definition) is 2. The van der Waals surface area contributed by atoms with E-state index in [0.717, 1.165) is 18.9 Å². The van der Waals surface area contributed by atoms with Gasteiger partial charge >= 0.3 is 0 Å². The lowest BCUT2D eigenvalue weighted by Gasteiger charge is -2.13. The molecular weight excluding hydrogens is 200 g/mol. The van der Waals surface area contributed by atoms with Crippen LogP contribution in [0.2, 0.25) is 0 Å². The van der Waals surface area contributed by atoms with Gasteiger partial charge in [0.15, 0.2) is 0 Å². The fourth-order valence-corrected chi connectivity index (χ4v) is 1.41. The average molecular weight is 226 g/mol. The largest absolute Gasteiger partial charge is 0.351 e. The van der Waals surface area contributed by atoms with Crippen LogP contribution in [0.25, 0.3) is 0 Å². The second-order valence-electron chi connectivity index (χ2n) is 4.60. The van der Waals surface area contributed by atoms with Gasteiger partial charge in [-0.05, 0) is 25.8 Å². The van der Waals surface area contributed by atoms with Crippen LogP contribution < -0.4 is 10.6 Å². The molecule has 0 spiro atoms. The zero-order valence-electron chi connectivity index (χ0n) is 10.9. The van der Waals surface area contributed by atoms with Crippen molar-refractivity contribution in [2.45, 2.75) is 46.1 Å². The Hall–Kier alpha value is -0.830. The molecule has 3 nitrogen and oxygen atoms in total. The Labute approximate surface area is 99.7 Å². The van der Waals surface area contributed by atoms with Crippen molar-refractivity contribution in [2.75, 3.05) is 13.1 Å². The van der Waals surface area contributed by atoms with Crippen LogP contribution in [-0.4, -0.2) is 25.0 Å². The molecule has 0 radical (unpaired) electrons. The molecule has 0 aliphatic heterocycles. The van der Waals surface area contributed by atoms with Crippen LogP contribution in [0, 0.1) is 5.92 Å². The van der Waals surface area contributed by atoms with Crippen LogP contribution in [-0.2, 0) is 4.79 Å². The zero-order chi connectivity index (χ0) is 12.4. The molecule has 1 atom stereocenters. The minimum absolute atomic E-state index is 0.0451. The average Bonchev–Trinajstić information content (AvgIpc) is 2.24. The molecule has 0 heterocycles. The van der Waals surface area contributed by atoms with Crippen LogP contribution in [0.4, 0.5) is 0 Å². The summed E-state index contributed by atoms with van der Waals surface area (Å²) in [6.07, 6.45) is 5.31. The van der Waals surface area contributed by atoms with Gasteiger partial charge in [0, 0.05) is 6.54 Å². The first kappa shape index (κ1) is 15.2. The SMILES string of the molecule is C=CCNC(=O)C(C)NCCCCC(C)C. The third-order valence-corrected chi connectivity index (χ3v) is 2.47. The lowest BCUT2D eigenvalue weighted by molar-refractivity contribution is -0.122. The lowest BCUT2D eigenvalue weighted by Crippen LogP contribution is -2.42. The Morgan fingerprint density at radius 2 is 2.00 bits per heavy atom. The highest BCUT2D eigenvalue weighted by Gasteiger charge is 2.09. The molecule has 2 N–H and O–H groups in total. The maximum absolute atomic E-state index is 11.5. The van der Waals surface area contributed by atoms with E-state index >= 15 is 0 Å². The van der Waals surface area contributed by atoms with Crippen LogP contribution in [0.1, 0.15) is 40.0 Å². The van der Waals surface area contributed by atoms with Gasteiger partial charge in [0.1, 0.15) is 0 Å². The number of carbonyl (C=O) groups is 1. The first-order valence-electron chi connectivity index (χ1n) is 6.20. The van der Waals surface area contributed by atoms with Crippen molar-refractivity contribution >= 4 is 5.91 Å². The summed E-state index contributed by atoms with van der Waals surface area (Å²) in [6, 6.07) is -0.112. The standard InChI is InChI=1S/C13H26N2O/c1-5-9-15-13(16)12(4)14-10-7-6-8-11(2)3/h5,11-12,14H,1,6-10H2,2-4H3,(H,15,16). The van der Waals surface area contributed by atoms with Gasteiger partial charge in [-0.2, -0.15) is 0 Å². The molecule has 94 valence electrons. The molecule has 0 aromatic carbocycles. The van der Waals surface area contributed by atoms with Gasteiger partial charge in [-0.3, -0.25) is 4.79 Å². The van der Waals surface area contributed by atoms with Crippen molar-refractivity contribution in [1.82, 2.24) is 10.6 Å². The molecule has 0 bridgehead atoms. The molecule has 1 amide bonds. The van der Waals surface area contributed by atoms with Gasteiger partial charge in [-0.1, -0.05) is 32.8 Å². The molecule has 0 rings (SSSR count). The van der Waals surface area contributed by atoms with E-state index < -0.39 is 0 Å². The Balaban J connectivity index is 3.45. The summed E-state index contributed by atoms with van der Waals surface area (Å²) in [5.74, 6) is 0.817. The topological polar surface area (TPSA) is 41.1 Å². The van der Waals surface area contributed by atoms with Crippen molar-refractivity contribution in [3.05, 3.63) is 12.7 Å². The number of amides is 1. The molecule has 16 heavy (non-hydrogen) atoms. The molecule has 0 fully saturated rings. The van der Waals surface area contributed by atoms with Gasteiger partial charge in [0.05, 0.1) is 6.04 Å². The second-order valence-corrected chi connectivity index (χ2v) is 4.60. The Kier molecular flexibility index (Phi) is 8.91. The maximum Gasteiger partial charge on any atom is 0.237 e. The minimum atomic E-state index is -0.112. The summed E-state index contributed by atoms with van der Waals surface area (Å²) < 4.78 is 0. The molecule has 0 aliphatic carbocycles. The Bertz CT molecular complexity index is 202. The van der Waals surface area contributed by atoms with Crippen LogP contribution in [0.15, 0.2) is 12.7 Å². The monoisotopic (exact) mass is 226 g/mol. The highest BCUT2D eigenvalue weighted by Crippen LogP contribution is 2.05. The number of nitrogens with one attached hydrogen (secondary N) is 2. The van der Waals surface area contributed by atoms with Gasteiger partial charge in [0.2, 0.25) is 5.91 Å². The summed E-state index contributed by atoms with van der Waals surface area (Å²) in [5.41, 5.74) is 0. The zero-order valence-corrected chi connectivity index (χ0v) is 10.9. The quantitative estimate of drug-likeness (QED) is 0.467. The van der Waals surface area contributed by atoms with E-state index in [1.54, 1.807) is 6.08 Å². The highest BCUT2D eigenvalue weighted by atomic mass is 16.2. The van der Waals surface area contributed by atoms with E-state index in [0.29, 0.717) is 6.54 Å². The van der Waals surface area contributed by atoms with Crippen LogP contribution >= 0.6 is 0 Å². The van der Waals surface area contributed by atoms with E-state index in [9.17, 15) is 4.79 Å². The second kappa shape index (κ2) is 9.40. The third kappa shape index (κ3) is 8.48. The summed E-state index contributed by atoms with van der Waals surface area (Å²) in [5, 5.41) is 5.99. The summed E-state index contributed by atoms with van der Waals surface area (Å²) in [6.45, 7) is 11.4. The minimum Gasteiger partial charge on any atom is -0.351 e. The highest BCUT2D eigenvalue weighted by molar-refractivity contribution is 5.81. The normalized spacial score (nSPS) is 12.5. The van der Waals surface area contributed by atoms with Crippen LogP contribution in [0.5, 0.6) is 0 Å². The summed E-state index contributed by atoms with van der Waals surface area (Å²) in [4.78, 5) is 11.5. The van der Waals surface area contributed by atoms with Crippen LogP contribution in [0.3, 0.4) is 0 Å². The van der Waals surface area contributed by atoms with Gasteiger partial charge in [-0.15, -0.1) is 6.58 Å². The molecule has 0 aromatic rings. The van der Waals surface area contributed by atoms with Crippen molar-refractivity contribution in [3.63, 3.8) is 0 Å². The Morgan fingerprint density at radius 1 is 1.31 bits per heavy atom. The summed E-state index contributed by atoms with van der Waals surface area (Å²) in [7, 11) is 0. The number of rotatable bonds is 9. The predicted octanol–water partition coefficient (Wildman–Crippen LogP) is 2.09. The van der Waals surface area contributed by atoms with Gasteiger partial charge in [0.25, 0.3) is 0 Å². The number of hydrogen-bond donors (Lipinski definition) is 2. The maximum atomic E-state index is 11.5. The Morgan fingerprint density at radius 3 is 2.56 bits per heavy atom. The van der Waals surface area contributed by atoms with E-state index in [4.69, 9.17) is 0 Å². The van der Waals surface area contributed by atoms with Crippen molar-refractivity contribution in [1.29, 1.82) is 0 Å². The van der Waals surface area contributed by atoms with E-state index in [1.807, 2.05) is 6.92 Å². The van der Waals surface area contributed by atoms with Gasteiger partial charge < -0.3 is 10.6 Å². The molecule has 0 saturated heterocycles. The van der Waals surface area contributed by atoms with E-state index in [2.05, 4.69) is 31.1 Å². The van der Waals surface area contributed by atoms with Crippen molar-refractivity contribution in [3.8, 4) is 0 Å². The molecular formula is C13H26N2O. The van der Waals surface area contributed by atoms with E-state index in [1.165, 1.54) is 12.8 Å². The molecule has 0 saturated carbocycles. The smallest absolute Gasteiger partial charge is 0.237 e. The molecule has 3 heteroatoms. The predicted molar refractivity (Wildman–Crippen MR) is 69.4 cm³/mol. The first-order chi connectivity index (χ1) is 7.57. The molecule has 0 aromatic heterocycles. The first-order valence-corrected chi connectivity index (χ1v) is 6.20. The van der Waals surface area contributed by atoms with Crippen molar-refractivity contribution in [2.24, 2.45) is 5.92 Å². The third-order valence-electron chi connectivity index (χ3n) is 2.47. The molecule has 1 unspecified atom stereocenters. The summed E-state index contributed by atoms with van der Waals surface area (Å²) >= 11 is 0. The number of carbonyl (C=O) groups excluding carboxylic acids is 1. The van der Waals surface area contributed by atoms with Crippen molar-refractivity contribution < 1.29 is 4.79 Å². The van der Waals surface area contributed by atoms with E-state index in [-0.39, 0.29) is 11.9 Å². The molecule has 0 aliphatic rings. The fourth-order valence-electron chi connectivity index (χ4n) is 1.41. The fraction of sp³-hybridized carbons (Fsp3) is 0.769. The lowest BCUT2D eigenvalue weighted by atomic mass is 10.1.